The van der Waals surface area contributed by atoms with Crippen LogP contribution in [0.5, 0.6) is 17.2 Å². The minimum absolute atomic E-state index is 0.109. The highest BCUT2D eigenvalue weighted by molar-refractivity contribution is 5.65. The van der Waals surface area contributed by atoms with E-state index >= 15 is 0 Å². The third-order valence-electron chi connectivity index (χ3n) is 3.82. The topological polar surface area (TPSA) is 79.7 Å². The molecule has 5 nitrogen and oxygen atoms in total. The van der Waals surface area contributed by atoms with Crippen molar-refractivity contribution < 1.29 is 14.2 Å². The monoisotopic (exact) mass is 302 g/mol. The van der Waals surface area contributed by atoms with E-state index in [0.29, 0.717) is 28.6 Å². The molecule has 1 atom stereocenters. The van der Waals surface area contributed by atoms with E-state index in [1.165, 1.54) is 0 Å². The van der Waals surface area contributed by atoms with Crippen LogP contribution in [0.3, 0.4) is 0 Å². The lowest BCUT2D eigenvalue weighted by Gasteiger charge is -2.18. The summed E-state index contributed by atoms with van der Waals surface area (Å²) < 4.78 is 15.9. The maximum atomic E-state index is 5.99. The third kappa shape index (κ3) is 2.88. The second-order valence-corrected chi connectivity index (χ2v) is 5.06. The Morgan fingerprint density at radius 1 is 0.773 bits per heavy atom. The number of rotatable bonds is 5. The van der Waals surface area contributed by atoms with Crippen molar-refractivity contribution in [1.82, 2.24) is 0 Å². The van der Waals surface area contributed by atoms with Crippen LogP contribution in [-0.2, 0) is 0 Å². The summed E-state index contributed by atoms with van der Waals surface area (Å²) >= 11 is 0. The van der Waals surface area contributed by atoms with Gasteiger partial charge in [0.05, 0.1) is 27.0 Å². The number of anilines is 2. The fourth-order valence-electron chi connectivity index (χ4n) is 2.40. The predicted octanol–water partition coefficient (Wildman–Crippen LogP) is 3.03. The quantitative estimate of drug-likeness (QED) is 0.830. The Bertz CT molecular complexity index is 646. The van der Waals surface area contributed by atoms with E-state index in [4.69, 9.17) is 25.7 Å². The molecule has 0 aromatic heterocycles. The maximum Gasteiger partial charge on any atom is 0.145 e. The molecule has 118 valence electrons. The summed E-state index contributed by atoms with van der Waals surface area (Å²) in [4.78, 5) is 0. The van der Waals surface area contributed by atoms with Gasteiger partial charge in [0, 0.05) is 5.92 Å². The van der Waals surface area contributed by atoms with Gasteiger partial charge in [-0.15, -0.1) is 0 Å². The molecular weight excluding hydrogens is 280 g/mol. The first-order valence-corrected chi connectivity index (χ1v) is 6.96. The van der Waals surface area contributed by atoms with E-state index in [1.54, 1.807) is 21.3 Å². The van der Waals surface area contributed by atoms with Gasteiger partial charge in [0.25, 0.3) is 0 Å². The highest BCUT2D eigenvalue weighted by Gasteiger charge is 2.16. The Morgan fingerprint density at radius 3 is 1.77 bits per heavy atom. The molecule has 1 unspecified atom stereocenters. The van der Waals surface area contributed by atoms with Gasteiger partial charge in [0.1, 0.15) is 22.9 Å². The van der Waals surface area contributed by atoms with Crippen LogP contribution in [0, 0.1) is 0 Å². The lowest BCUT2D eigenvalue weighted by atomic mass is 9.92. The van der Waals surface area contributed by atoms with Crippen molar-refractivity contribution in [3.05, 3.63) is 41.5 Å². The molecule has 5 heteroatoms. The highest BCUT2D eigenvalue weighted by Crippen LogP contribution is 2.38. The fraction of sp³-hybridized carbons (Fsp3) is 0.294. The zero-order valence-electron chi connectivity index (χ0n) is 13.3. The van der Waals surface area contributed by atoms with Crippen LogP contribution in [0.15, 0.2) is 30.3 Å². The molecular formula is C17H22N2O3. The number of hydrogen-bond donors (Lipinski definition) is 2. The minimum Gasteiger partial charge on any atom is -0.495 e. The number of hydrogen-bond acceptors (Lipinski definition) is 5. The molecule has 0 fully saturated rings. The lowest BCUT2D eigenvalue weighted by molar-refractivity contribution is 0.397. The molecule has 0 saturated heterocycles. The first-order valence-electron chi connectivity index (χ1n) is 6.96. The van der Waals surface area contributed by atoms with Crippen molar-refractivity contribution in [2.45, 2.75) is 12.8 Å². The molecule has 4 N–H and O–H groups in total. The number of nitrogen functional groups attached to an aromatic ring is 2. The van der Waals surface area contributed by atoms with Gasteiger partial charge in [0.2, 0.25) is 0 Å². The van der Waals surface area contributed by atoms with Gasteiger partial charge in [-0.3, -0.25) is 0 Å². The average Bonchev–Trinajstić information content (AvgIpc) is 2.54. The SMILES string of the molecule is COc1cc(C(C)c2cc(OC)c(N)c(OC)c2)ccc1N. The summed E-state index contributed by atoms with van der Waals surface area (Å²) in [5.74, 6) is 1.98. The van der Waals surface area contributed by atoms with Crippen LogP contribution in [0.4, 0.5) is 11.4 Å². The minimum atomic E-state index is 0.109. The molecule has 0 aliphatic carbocycles. The number of ether oxygens (including phenoxy) is 3. The molecule has 0 bridgehead atoms. The second kappa shape index (κ2) is 6.47. The number of methoxy groups -OCH3 is 3. The van der Waals surface area contributed by atoms with E-state index in [0.717, 1.165) is 11.1 Å². The molecule has 0 spiro atoms. The molecule has 2 aromatic rings. The summed E-state index contributed by atoms with van der Waals surface area (Å²) in [6.45, 7) is 2.09. The zero-order chi connectivity index (χ0) is 16.3. The summed E-state index contributed by atoms with van der Waals surface area (Å²) in [6.07, 6.45) is 0. The van der Waals surface area contributed by atoms with Crippen molar-refractivity contribution >= 4 is 11.4 Å². The molecule has 2 aromatic carbocycles. The average molecular weight is 302 g/mol. The van der Waals surface area contributed by atoms with Gasteiger partial charge in [-0.2, -0.15) is 0 Å². The van der Waals surface area contributed by atoms with E-state index in [9.17, 15) is 0 Å². The maximum absolute atomic E-state index is 5.99. The van der Waals surface area contributed by atoms with Crippen LogP contribution in [0.2, 0.25) is 0 Å². The number of benzene rings is 2. The van der Waals surface area contributed by atoms with Crippen molar-refractivity contribution in [2.75, 3.05) is 32.8 Å². The van der Waals surface area contributed by atoms with Crippen LogP contribution >= 0.6 is 0 Å². The molecule has 0 aliphatic heterocycles. The predicted molar refractivity (Wildman–Crippen MR) is 88.9 cm³/mol. The highest BCUT2D eigenvalue weighted by atomic mass is 16.5. The van der Waals surface area contributed by atoms with Gasteiger partial charge in [0.15, 0.2) is 0 Å². The van der Waals surface area contributed by atoms with E-state index < -0.39 is 0 Å². The molecule has 0 amide bonds. The van der Waals surface area contributed by atoms with Gasteiger partial charge in [-0.1, -0.05) is 13.0 Å². The van der Waals surface area contributed by atoms with Crippen molar-refractivity contribution in [3.63, 3.8) is 0 Å². The first-order chi connectivity index (χ1) is 10.5. The van der Waals surface area contributed by atoms with Crippen molar-refractivity contribution in [1.29, 1.82) is 0 Å². The van der Waals surface area contributed by atoms with Gasteiger partial charge in [-0.25, -0.2) is 0 Å². The van der Waals surface area contributed by atoms with E-state index in [2.05, 4.69) is 6.92 Å². The Morgan fingerprint density at radius 2 is 1.27 bits per heavy atom. The lowest BCUT2D eigenvalue weighted by Crippen LogP contribution is -2.03. The fourth-order valence-corrected chi connectivity index (χ4v) is 2.40. The van der Waals surface area contributed by atoms with Crippen LogP contribution in [-0.4, -0.2) is 21.3 Å². The molecule has 22 heavy (non-hydrogen) atoms. The molecule has 0 aliphatic rings. The summed E-state index contributed by atoms with van der Waals surface area (Å²) in [6, 6.07) is 9.61. The zero-order valence-corrected chi connectivity index (χ0v) is 13.3. The third-order valence-corrected chi connectivity index (χ3v) is 3.82. The molecule has 0 heterocycles. The van der Waals surface area contributed by atoms with Crippen molar-refractivity contribution in [3.8, 4) is 17.2 Å². The Hall–Kier alpha value is -2.56. The molecule has 0 radical (unpaired) electrons. The van der Waals surface area contributed by atoms with Crippen LogP contribution < -0.4 is 25.7 Å². The van der Waals surface area contributed by atoms with Gasteiger partial charge >= 0.3 is 0 Å². The van der Waals surface area contributed by atoms with E-state index in [-0.39, 0.29) is 5.92 Å². The smallest absolute Gasteiger partial charge is 0.145 e. The molecule has 0 saturated carbocycles. The number of nitrogens with two attached hydrogens (primary N) is 2. The summed E-state index contributed by atoms with van der Waals surface area (Å²) in [5, 5.41) is 0. The largest absolute Gasteiger partial charge is 0.495 e. The Balaban J connectivity index is 2.47. The van der Waals surface area contributed by atoms with Crippen LogP contribution in [0.1, 0.15) is 24.0 Å². The van der Waals surface area contributed by atoms with Crippen LogP contribution in [0.25, 0.3) is 0 Å². The van der Waals surface area contributed by atoms with Gasteiger partial charge < -0.3 is 25.7 Å². The van der Waals surface area contributed by atoms with E-state index in [1.807, 2.05) is 30.3 Å². The van der Waals surface area contributed by atoms with Crippen molar-refractivity contribution in [2.24, 2.45) is 0 Å². The van der Waals surface area contributed by atoms with Gasteiger partial charge in [-0.05, 0) is 35.4 Å². The summed E-state index contributed by atoms with van der Waals surface area (Å²) in [5.41, 5.74) is 15.1. The second-order valence-electron chi connectivity index (χ2n) is 5.06. The molecule has 2 rings (SSSR count). The Kier molecular flexibility index (Phi) is 4.65. The summed E-state index contributed by atoms with van der Waals surface area (Å²) in [7, 11) is 4.78. The standard InChI is InChI=1S/C17H22N2O3/c1-10(11-5-6-13(18)14(7-11)20-2)12-8-15(21-3)17(19)16(9-12)22-4/h5-10H,18-19H2,1-4H3. The first kappa shape index (κ1) is 15.8. The Labute approximate surface area is 130 Å². The normalized spacial score (nSPS) is 11.8.